The lowest BCUT2D eigenvalue weighted by Gasteiger charge is -2.23. The molecule has 2 aromatic carbocycles. The molecule has 0 bridgehead atoms. The topological polar surface area (TPSA) is 82.9 Å². The Morgan fingerprint density at radius 3 is 2.72 bits per heavy atom. The second-order valence-electron chi connectivity index (χ2n) is 7.10. The zero-order chi connectivity index (χ0) is 22.8. The summed E-state index contributed by atoms with van der Waals surface area (Å²) in [6.07, 6.45) is 1.52. The quantitative estimate of drug-likeness (QED) is 0.525. The first-order valence-corrected chi connectivity index (χ1v) is 10.4. The largest absolute Gasteiger partial charge is 0.497 e. The van der Waals surface area contributed by atoms with Gasteiger partial charge in [0.25, 0.3) is 5.91 Å². The maximum Gasteiger partial charge on any atom is 0.358 e. The molecule has 32 heavy (non-hydrogen) atoms. The minimum absolute atomic E-state index is 0.132. The van der Waals surface area contributed by atoms with Crippen LogP contribution in [-0.2, 0) is 17.8 Å². The Bertz CT molecular complexity index is 1190. The van der Waals surface area contributed by atoms with Crippen molar-refractivity contribution in [1.29, 1.82) is 0 Å². The number of esters is 1. The van der Waals surface area contributed by atoms with E-state index in [4.69, 9.17) is 25.8 Å². The molecule has 1 aliphatic rings. The molecule has 4 rings (SSSR count). The first kappa shape index (κ1) is 21.7. The van der Waals surface area contributed by atoms with E-state index in [2.05, 4.69) is 4.98 Å². The molecule has 1 amide bonds. The summed E-state index contributed by atoms with van der Waals surface area (Å²) in [6, 6.07) is 10.6. The predicted molar refractivity (Wildman–Crippen MR) is 118 cm³/mol. The van der Waals surface area contributed by atoms with Crippen LogP contribution in [-0.4, -0.2) is 47.2 Å². The van der Waals surface area contributed by atoms with Gasteiger partial charge in [-0.05, 0) is 31.2 Å². The minimum Gasteiger partial charge on any atom is -0.497 e. The molecule has 0 N–H and O–H groups in total. The van der Waals surface area contributed by atoms with Crippen molar-refractivity contribution < 1.29 is 23.8 Å². The molecule has 0 spiro atoms. The van der Waals surface area contributed by atoms with Crippen LogP contribution in [0.2, 0.25) is 5.02 Å². The SMILES string of the molecule is CCOC(=O)c1ncn2c1CN(Cc1ccc(OC)cc1OC)C(=O)c1c(Cl)cccc1-2. The van der Waals surface area contributed by atoms with Crippen molar-refractivity contribution in [1.82, 2.24) is 14.5 Å². The molecule has 0 atom stereocenters. The highest BCUT2D eigenvalue weighted by Crippen LogP contribution is 2.33. The highest BCUT2D eigenvalue weighted by molar-refractivity contribution is 6.34. The summed E-state index contributed by atoms with van der Waals surface area (Å²) >= 11 is 6.45. The van der Waals surface area contributed by atoms with E-state index in [0.29, 0.717) is 33.5 Å². The van der Waals surface area contributed by atoms with Gasteiger partial charge in [-0.2, -0.15) is 0 Å². The van der Waals surface area contributed by atoms with Crippen molar-refractivity contribution in [2.45, 2.75) is 20.0 Å². The molecule has 0 fully saturated rings. The van der Waals surface area contributed by atoms with Gasteiger partial charge in [0.05, 0.1) is 55.9 Å². The molecule has 0 unspecified atom stereocenters. The number of carbonyl (C=O) groups is 2. The lowest BCUT2D eigenvalue weighted by atomic mass is 10.1. The van der Waals surface area contributed by atoms with E-state index < -0.39 is 5.97 Å². The smallest absolute Gasteiger partial charge is 0.358 e. The van der Waals surface area contributed by atoms with Gasteiger partial charge < -0.3 is 19.1 Å². The minimum atomic E-state index is -0.541. The Hall–Kier alpha value is -3.52. The number of hydrogen-bond acceptors (Lipinski definition) is 6. The molecule has 3 aromatic rings. The number of halogens is 1. The summed E-state index contributed by atoms with van der Waals surface area (Å²) in [7, 11) is 3.13. The molecule has 0 saturated heterocycles. The number of imidazole rings is 1. The summed E-state index contributed by atoms with van der Waals surface area (Å²) in [5.74, 6) is 0.423. The number of benzene rings is 2. The number of nitrogens with zero attached hydrogens (tertiary/aromatic N) is 3. The first-order valence-electron chi connectivity index (χ1n) is 10.0. The van der Waals surface area contributed by atoms with E-state index in [-0.39, 0.29) is 31.3 Å². The Morgan fingerprint density at radius 2 is 2.00 bits per heavy atom. The lowest BCUT2D eigenvalue weighted by Crippen LogP contribution is -2.30. The second kappa shape index (κ2) is 8.92. The third-order valence-electron chi connectivity index (χ3n) is 5.28. The summed E-state index contributed by atoms with van der Waals surface area (Å²) < 4.78 is 17.7. The molecule has 8 nitrogen and oxygen atoms in total. The van der Waals surface area contributed by atoms with Crippen LogP contribution >= 0.6 is 11.6 Å². The van der Waals surface area contributed by atoms with Crippen molar-refractivity contribution in [3.8, 4) is 17.2 Å². The predicted octanol–water partition coefficient (Wildman–Crippen LogP) is 3.88. The van der Waals surface area contributed by atoms with Crippen molar-refractivity contribution in [2.24, 2.45) is 0 Å². The van der Waals surface area contributed by atoms with Crippen molar-refractivity contribution in [3.05, 3.63) is 70.3 Å². The number of rotatable bonds is 6. The molecule has 1 aromatic heterocycles. The van der Waals surface area contributed by atoms with Crippen LogP contribution in [0, 0.1) is 0 Å². The highest BCUT2D eigenvalue weighted by atomic mass is 35.5. The average Bonchev–Trinajstić information content (AvgIpc) is 3.17. The first-order chi connectivity index (χ1) is 15.5. The lowest BCUT2D eigenvalue weighted by molar-refractivity contribution is 0.0514. The van der Waals surface area contributed by atoms with E-state index in [0.717, 1.165) is 5.56 Å². The van der Waals surface area contributed by atoms with Gasteiger partial charge in [0, 0.05) is 11.6 Å². The van der Waals surface area contributed by atoms with Gasteiger partial charge in [0.2, 0.25) is 0 Å². The average molecular weight is 456 g/mol. The Balaban J connectivity index is 1.83. The number of ether oxygens (including phenoxy) is 3. The molecule has 9 heteroatoms. The van der Waals surface area contributed by atoms with Gasteiger partial charge in [-0.3, -0.25) is 9.36 Å². The fraction of sp³-hybridized carbons (Fsp3) is 0.261. The van der Waals surface area contributed by atoms with Crippen LogP contribution in [0.5, 0.6) is 11.5 Å². The molecule has 0 saturated carbocycles. The Morgan fingerprint density at radius 1 is 1.19 bits per heavy atom. The van der Waals surface area contributed by atoms with E-state index in [9.17, 15) is 9.59 Å². The molecule has 0 radical (unpaired) electrons. The zero-order valence-corrected chi connectivity index (χ0v) is 18.7. The molecule has 2 heterocycles. The molecular weight excluding hydrogens is 434 g/mol. The molecule has 166 valence electrons. The number of hydrogen-bond donors (Lipinski definition) is 0. The van der Waals surface area contributed by atoms with Gasteiger partial charge in [0.15, 0.2) is 5.69 Å². The Labute approximate surface area is 190 Å². The van der Waals surface area contributed by atoms with Crippen LogP contribution in [0.15, 0.2) is 42.7 Å². The monoisotopic (exact) mass is 455 g/mol. The maximum atomic E-state index is 13.6. The normalized spacial score (nSPS) is 12.6. The van der Waals surface area contributed by atoms with Gasteiger partial charge in [-0.15, -0.1) is 0 Å². The third-order valence-corrected chi connectivity index (χ3v) is 5.60. The van der Waals surface area contributed by atoms with Crippen LogP contribution in [0.4, 0.5) is 0 Å². The summed E-state index contributed by atoms with van der Waals surface area (Å²) in [5, 5.41) is 0.318. The fourth-order valence-corrected chi connectivity index (χ4v) is 4.00. The van der Waals surface area contributed by atoms with Crippen LogP contribution in [0.3, 0.4) is 0 Å². The second-order valence-corrected chi connectivity index (χ2v) is 7.51. The summed E-state index contributed by atoms with van der Waals surface area (Å²) in [5.41, 5.74) is 2.39. The van der Waals surface area contributed by atoms with E-state index in [1.54, 1.807) is 60.9 Å². The maximum absolute atomic E-state index is 13.6. The zero-order valence-electron chi connectivity index (χ0n) is 17.9. The van der Waals surface area contributed by atoms with Crippen LogP contribution in [0.1, 0.15) is 39.0 Å². The summed E-state index contributed by atoms with van der Waals surface area (Å²) in [6.45, 7) is 2.31. The van der Waals surface area contributed by atoms with Gasteiger partial charge >= 0.3 is 5.97 Å². The number of carbonyl (C=O) groups excluding carboxylic acids is 2. The van der Waals surface area contributed by atoms with Gasteiger partial charge in [0.1, 0.15) is 17.8 Å². The molecule has 0 aliphatic carbocycles. The van der Waals surface area contributed by atoms with E-state index >= 15 is 0 Å². The third kappa shape index (κ3) is 3.78. The number of amides is 1. The number of methoxy groups -OCH3 is 2. The highest BCUT2D eigenvalue weighted by Gasteiger charge is 2.32. The van der Waals surface area contributed by atoms with Gasteiger partial charge in [-0.25, -0.2) is 9.78 Å². The standard InChI is InChI=1S/C23H22ClN3O5/c1-4-32-23(29)21-18-12-26(11-14-8-9-15(30-2)10-19(14)31-3)22(28)20-16(24)6-5-7-17(20)27(18)13-25-21/h5-10,13H,4,11-12H2,1-3H3. The number of fused-ring (bicyclic) bond motifs is 3. The summed E-state index contributed by atoms with van der Waals surface area (Å²) in [4.78, 5) is 32.0. The molecular formula is C23H22ClN3O5. The van der Waals surface area contributed by atoms with Gasteiger partial charge in [-0.1, -0.05) is 17.7 Å². The van der Waals surface area contributed by atoms with E-state index in [1.807, 2.05) is 6.07 Å². The van der Waals surface area contributed by atoms with Crippen molar-refractivity contribution in [3.63, 3.8) is 0 Å². The van der Waals surface area contributed by atoms with Crippen LogP contribution in [0.25, 0.3) is 5.69 Å². The fourth-order valence-electron chi connectivity index (χ4n) is 3.75. The van der Waals surface area contributed by atoms with Crippen molar-refractivity contribution in [2.75, 3.05) is 20.8 Å². The van der Waals surface area contributed by atoms with Crippen LogP contribution < -0.4 is 9.47 Å². The number of aromatic nitrogens is 2. The van der Waals surface area contributed by atoms with Crippen molar-refractivity contribution >= 4 is 23.5 Å². The van der Waals surface area contributed by atoms with E-state index in [1.165, 1.54) is 6.33 Å². The Kier molecular flexibility index (Phi) is 6.05. The molecule has 1 aliphatic heterocycles.